The van der Waals surface area contributed by atoms with Crippen molar-refractivity contribution in [1.29, 1.82) is 0 Å². The summed E-state index contributed by atoms with van der Waals surface area (Å²) in [6, 6.07) is 5.69. The molecule has 0 fully saturated rings. The second-order valence-corrected chi connectivity index (χ2v) is 7.02. The third-order valence-corrected chi connectivity index (χ3v) is 4.67. The number of rotatable bonds is 6. The minimum Gasteiger partial charge on any atom is -0.451 e. The topological polar surface area (TPSA) is 97.4 Å². The molecule has 0 bridgehead atoms. The molecule has 1 heterocycles. The molecule has 138 valence electrons. The van der Waals surface area contributed by atoms with Crippen LogP contribution < -0.4 is 10.6 Å². The molecule has 2 N–H and O–H groups in total. The summed E-state index contributed by atoms with van der Waals surface area (Å²) >= 11 is 1.21. The summed E-state index contributed by atoms with van der Waals surface area (Å²) in [5, 5.41) is 5.95. The number of thiazole rings is 1. The Kier molecular flexibility index (Phi) is 6.46. The normalized spacial score (nSPS) is 10.3. The van der Waals surface area contributed by atoms with Crippen molar-refractivity contribution in [2.75, 3.05) is 18.5 Å². The van der Waals surface area contributed by atoms with Gasteiger partial charge in [-0.1, -0.05) is 18.2 Å². The van der Waals surface area contributed by atoms with Gasteiger partial charge in [-0.25, -0.2) is 9.78 Å². The van der Waals surface area contributed by atoms with Crippen molar-refractivity contribution in [2.24, 2.45) is 0 Å². The molecule has 0 radical (unpaired) electrons. The number of benzene rings is 1. The van der Waals surface area contributed by atoms with Gasteiger partial charge in [-0.3, -0.25) is 9.59 Å². The van der Waals surface area contributed by atoms with Crippen LogP contribution in [0.5, 0.6) is 0 Å². The van der Waals surface area contributed by atoms with E-state index in [9.17, 15) is 14.4 Å². The molecule has 0 aliphatic heterocycles. The second-order valence-electron chi connectivity index (χ2n) is 5.82. The fourth-order valence-electron chi connectivity index (χ4n) is 2.34. The van der Waals surface area contributed by atoms with Gasteiger partial charge in [-0.15, -0.1) is 11.3 Å². The van der Waals surface area contributed by atoms with E-state index in [1.807, 2.05) is 32.0 Å². The standard InChI is InChI=1S/C18H21N3O4S/c1-10-6-5-7-11(2)16(10)21-14(22)8-19-15(23)9-25-18(24)17-12(3)20-13(4)26-17/h5-7H,8-9H2,1-4H3,(H,19,23)(H,21,22). The number of hydrogen-bond acceptors (Lipinski definition) is 6. The molecular formula is C18H21N3O4S. The smallest absolute Gasteiger partial charge is 0.350 e. The minimum atomic E-state index is -0.594. The monoisotopic (exact) mass is 375 g/mol. The first-order valence-electron chi connectivity index (χ1n) is 8.02. The van der Waals surface area contributed by atoms with Crippen LogP contribution >= 0.6 is 11.3 Å². The highest BCUT2D eigenvalue weighted by Crippen LogP contribution is 2.19. The van der Waals surface area contributed by atoms with Crippen molar-refractivity contribution < 1.29 is 19.1 Å². The maximum atomic E-state index is 12.0. The highest BCUT2D eigenvalue weighted by Gasteiger charge is 2.17. The number of carbonyl (C=O) groups is 3. The molecule has 26 heavy (non-hydrogen) atoms. The van der Waals surface area contributed by atoms with Gasteiger partial charge in [0.15, 0.2) is 6.61 Å². The lowest BCUT2D eigenvalue weighted by Gasteiger charge is -2.12. The van der Waals surface area contributed by atoms with Gasteiger partial charge >= 0.3 is 5.97 Å². The minimum absolute atomic E-state index is 0.206. The van der Waals surface area contributed by atoms with Crippen LogP contribution in [0.15, 0.2) is 18.2 Å². The molecule has 0 aliphatic carbocycles. The number of esters is 1. The lowest BCUT2D eigenvalue weighted by atomic mass is 10.1. The summed E-state index contributed by atoms with van der Waals surface area (Å²) in [5.41, 5.74) is 3.18. The van der Waals surface area contributed by atoms with Crippen molar-refractivity contribution in [3.8, 4) is 0 Å². The quantitative estimate of drug-likeness (QED) is 0.755. The number of aryl methyl sites for hydroxylation is 4. The fourth-order valence-corrected chi connectivity index (χ4v) is 3.16. The maximum absolute atomic E-state index is 12.0. The molecule has 0 unspecified atom stereocenters. The van der Waals surface area contributed by atoms with Crippen LogP contribution in [0.25, 0.3) is 0 Å². The van der Waals surface area contributed by atoms with E-state index < -0.39 is 18.5 Å². The van der Waals surface area contributed by atoms with Crippen LogP contribution in [0.4, 0.5) is 5.69 Å². The van der Waals surface area contributed by atoms with Gasteiger partial charge in [0.25, 0.3) is 5.91 Å². The molecule has 0 saturated heterocycles. The highest BCUT2D eigenvalue weighted by molar-refractivity contribution is 7.13. The number of nitrogens with one attached hydrogen (secondary N) is 2. The number of amides is 2. The van der Waals surface area contributed by atoms with E-state index in [1.54, 1.807) is 13.8 Å². The molecule has 7 nitrogen and oxygen atoms in total. The largest absolute Gasteiger partial charge is 0.451 e. The zero-order valence-corrected chi connectivity index (χ0v) is 16.0. The van der Waals surface area contributed by atoms with Gasteiger partial charge < -0.3 is 15.4 Å². The number of hydrogen-bond donors (Lipinski definition) is 2. The Morgan fingerprint density at radius 3 is 2.31 bits per heavy atom. The molecular weight excluding hydrogens is 354 g/mol. The second kappa shape index (κ2) is 8.57. The van der Waals surface area contributed by atoms with Crippen LogP contribution in [-0.4, -0.2) is 35.9 Å². The average molecular weight is 375 g/mol. The van der Waals surface area contributed by atoms with E-state index in [2.05, 4.69) is 15.6 Å². The molecule has 8 heteroatoms. The number of anilines is 1. The van der Waals surface area contributed by atoms with Crippen molar-refractivity contribution >= 4 is 34.8 Å². The molecule has 0 spiro atoms. The third-order valence-electron chi connectivity index (χ3n) is 3.61. The SMILES string of the molecule is Cc1nc(C)c(C(=O)OCC(=O)NCC(=O)Nc2c(C)cccc2C)s1. The zero-order chi connectivity index (χ0) is 19.3. The highest BCUT2D eigenvalue weighted by atomic mass is 32.1. The van der Waals surface area contributed by atoms with Gasteiger partial charge in [0.2, 0.25) is 5.91 Å². The van der Waals surface area contributed by atoms with Crippen LogP contribution in [0.2, 0.25) is 0 Å². The summed E-state index contributed by atoms with van der Waals surface area (Å²) in [5.74, 6) is -1.49. The van der Waals surface area contributed by atoms with E-state index in [-0.39, 0.29) is 12.5 Å². The Balaban J connectivity index is 1.79. The van der Waals surface area contributed by atoms with Crippen molar-refractivity contribution in [3.63, 3.8) is 0 Å². The summed E-state index contributed by atoms with van der Waals surface area (Å²) in [6.07, 6.45) is 0. The lowest BCUT2D eigenvalue weighted by Crippen LogP contribution is -2.35. The van der Waals surface area contributed by atoms with Crippen molar-refractivity contribution in [1.82, 2.24) is 10.3 Å². The lowest BCUT2D eigenvalue weighted by molar-refractivity contribution is -0.126. The molecule has 0 aliphatic rings. The van der Waals surface area contributed by atoms with Crippen LogP contribution in [-0.2, 0) is 14.3 Å². The van der Waals surface area contributed by atoms with Gasteiger partial charge in [0.05, 0.1) is 17.2 Å². The van der Waals surface area contributed by atoms with E-state index in [0.29, 0.717) is 10.6 Å². The molecule has 2 amide bonds. The molecule has 2 rings (SSSR count). The first-order chi connectivity index (χ1) is 12.3. The third kappa shape index (κ3) is 5.13. The van der Waals surface area contributed by atoms with Gasteiger partial charge in [0.1, 0.15) is 4.88 Å². The Morgan fingerprint density at radius 1 is 1.08 bits per heavy atom. The van der Waals surface area contributed by atoms with Crippen LogP contribution in [0.3, 0.4) is 0 Å². The van der Waals surface area contributed by atoms with Crippen molar-refractivity contribution in [2.45, 2.75) is 27.7 Å². The van der Waals surface area contributed by atoms with E-state index in [1.165, 1.54) is 11.3 Å². The van der Waals surface area contributed by atoms with E-state index >= 15 is 0 Å². The Bertz CT molecular complexity index is 825. The number of carbonyl (C=O) groups excluding carboxylic acids is 3. The van der Waals surface area contributed by atoms with Gasteiger partial charge in [-0.2, -0.15) is 0 Å². The summed E-state index contributed by atoms with van der Waals surface area (Å²) in [4.78, 5) is 40.2. The Hall–Kier alpha value is -2.74. The maximum Gasteiger partial charge on any atom is 0.350 e. The molecule has 0 saturated carbocycles. The summed E-state index contributed by atoms with van der Waals surface area (Å²) in [6.45, 7) is 6.62. The fraction of sp³-hybridized carbons (Fsp3) is 0.333. The first kappa shape index (κ1) is 19.6. The molecule has 1 aromatic carbocycles. The number of nitrogens with zero attached hydrogens (tertiary/aromatic N) is 1. The Morgan fingerprint density at radius 2 is 1.73 bits per heavy atom. The predicted octanol–water partition coefficient (Wildman–Crippen LogP) is 2.29. The van der Waals surface area contributed by atoms with Crippen LogP contribution in [0, 0.1) is 27.7 Å². The summed E-state index contributed by atoms with van der Waals surface area (Å²) < 4.78 is 4.96. The van der Waals surface area contributed by atoms with Gasteiger partial charge in [0, 0.05) is 5.69 Å². The number of aromatic nitrogens is 1. The average Bonchev–Trinajstić information content (AvgIpc) is 2.92. The number of ether oxygens (including phenoxy) is 1. The van der Waals surface area contributed by atoms with E-state index in [4.69, 9.17) is 4.74 Å². The van der Waals surface area contributed by atoms with E-state index in [0.717, 1.165) is 21.8 Å². The van der Waals surface area contributed by atoms with Crippen molar-refractivity contribution in [3.05, 3.63) is 44.9 Å². The predicted molar refractivity (Wildman–Crippen MR) is 99.4 cm³/mol. The number of para-hydroxylation sites is 1. The van der Waals surface area contributed by atoms with Gasteiger partial charge in [-0.05, 0) is 38.8 Å². The zero-order valence-electron chi connectivity index (χ0n) is 15.1. The summed E-state index contributed by atoms with van der Waals surface area (Å²) in [7, 11) is 0. The molecule has 2 aromatic rings. The Labute approximate surface area is 155 Å². The molecule has 1 aromatic heterocycles. The molecule has 0 atom stereocenters. The van der Waals surface area contributed by atoms with Crippen LogP contribution in [0.1, 0.15) is 31.5 Å². The first-order valence-corrected chi connectivity index (χ1v) is 8.83.